The number of aryl methyl sites for hydroxylation is 1. The summed E-state index contributed by atoms with van der Waals surface area (Å²) >= 11 is 2.04. The van der Waals surface area contributed by atoms with Gasteiger partial charge in [-0.25, -0.2) is 5.43 Å². The van der Waals surface area contributed by atoms with Crippen molar-refractivity contribution in [3.63, 3.8) is 0 Å². The summed E-state index contributed by atoms with van der Waals surface area (Å²) < 4.78 is 16.8. The lowest BCUT2D eigenvalue weighted by Gasteiger charge is -2.13. The number of methoxy groups -OCH3 is 2. The maximum Gasteiger partial charge on any atom is 0.329 e. The van der Waals surface area contributed by atoms with Gasteiger partial charge in [-0.1, -0.05) is 17.7 Å². The number of halogens is 1. The van der Waals surface area contributed by atoms with E-state index in [4.69, 9.17) is 14.2 Å². The zero-order valence-electron chi connectivity index (χ0n) is 20.3. The Labute approximate surface area is 227 Å². The van der Waals surface area contributed by atoms with Crippen LogP contribution in [0.4, 0.5) is 11.4 Å². The van der Waals surface area contributed by atoms with Crippen LogP contribution in [0.15, 0.2) is 65.8 Å². The minimum atomic E-state index is -0.937. The maximum atomic E-state index is 12.3. The third-order valence-corrected chi connectivity index (χ3v) is 5.67. The molecule has 0 saturated carbocycles. The normalized spacial score (nSPS) is 10.5. The molecule has 10 nitrogen and oxygen atoms in total. The van der Waals surface area contributed by atoms with E-state index in [0.29, 0.717) is 37.8 Å². The van der Waals surface area contributed by atoms with E-state index in [9.17, 15) is 14.4 Å². The Bertz CT molecular complexity index is 1290. The third kappa shape index (κ3) is 8.20. The predicted molar refractivity (Wildman–Crippen MR) is 148 cm³/mol. The van der Waals surface area contributed by atoms with E-state index in [1.165, 1.54) is 20.4 Å². The van der Waals surface area contributed by atoms with Crippen LogP contribution in [0, 0.1) is 10.5 Å². The number of carbonyl (C=O) groups excluding carboxylic acids is 3. The average Bonchev–Trinajstić information content (AvgIpc) is 2.89. The van der Waals surface area contributed by atoms with Crippen molar-refractivity contribution in [1.29, 1.82) is 0 Å². The SMILES string of the molecule is COc1ccc(NC(=O)C(=O)N/N=C\c2cc(I)c(OCC(=O)Nc3ccc(C)cc3)c(OC)c2)cc1. The fraction of sp³-hybridized carbons (Fsp3) is 0.154. The van der Waals surface area contributed by atoms with Crippen LogP contribution < -0.4 is 30.3 Å². The fourth-order valence-electron chi connectivity index (χ4n) is 3.00. The molecule has 0 heterocycles. The molecule has 3 amide bonds. The lowest BCUT2D eigenvalue weighted by Crippen LogP contribution is -2.32. The summed E-state index contributed by atoms with van der Waals surface area (Å²) in [5, 5.41) is 9.07. The molecule has 37 heavy (non-hydrogen) atoms. The van der Waals surface area contributed by atoms with Crippen molar-refractivity contribution in [3.05, 3.63) is 75.4 Å². The molecule has 0 fully saturated rings. The Kier molecular flexibility index (Phi) is 9.84. The largest absolute Gasteiger partial charge is 0.497 e. The van der Waals surface area contributed by atoms with Gasteiger partial charge in [0.1, 0.15) is 5.75 Å². The number of hydrogen-bond donors (Lipinski definition) is 3. The molecule has 3 aromatic rings. The van der Waals surface area contributed by atoms with Gasteiger partial charge in [0.25, 0.3) is 5.91 Å². The molecular weight excluding hydrogens is 591 g/mol. The number of nitrogens with one attached hydrogen (secondary N) is 3. The quantitative estimate of drug-likeness (QED) is 0.146. The number of ether oxygens (including phenoxy) is 3. The highest BCUT2D eigenvalue weighted by Gasteiger charge is 2.15. The molecule has 0 spiro atoms. The summed E-state index contributed by atoms with van der Waals surface area (Å²) in [5.74, 6) is -0.736. The molecule has 3 rings (SSSR count). The molecule has 192 valence electrons. The molecule has 0 atom stereocenters. The van der Waals surface area contributed by atoms with E-state index >= 15 is 0 Å². The van der Waals surface area contributed by atoms with Gasteiger partial charge in [-0.15, -0.1) is 0 Å². The second-order valence-electron chi connectivity index (χ2n) is 7.62. The first kappa shape index (κ1) is 27.5. The Morgan fingerprint density at radius 1 is 0.892 bits per heavy atom. The highest BCUT2D eigenvalue weighted by molar-refractivity contribution is 14.1. The van der Waals surface area contributed by atoms with Crippen LogP contribution in [-0.4, -0.2) is 44.8 Å². The zero-order chi connectivity index (χ0) is 26.8. The zero-order valence-corrected chi connectivity index (χ0v) is 22.5. The number of hydrogen-bond acceptors (Lipinski definition) is 7. The lowest BCUT2D eigenvalue weighted by atomic mass is 10.2. The number of hydrazone groups is 1. The van der Waals surface area contributed by atoms with E-state index < -0.39 is 11.8 Å². The number of amides is 3. The van der Waals surface area contributed by atoms with Crippen LogP contribution in [0.3, 0.4) is 0 Å². The fourth-order valence-corrected chi connectivity index (χ4v) is 3.79. The maximum absolute atomic E-state index is 12.3. The minimum Gasteiger partial charge on any atom is -0.497 e. The Balaban J connectivity index is 1.56. The van der Waals surface area contributed by atoms with Gasteiger partial charge in [0, 0.05) is 11.4 Å². The van der Waals surface area contributed by atoms with E-state index in [0.717, 1.165) is 5.56 Å². The van der Waals surface area contributed by atoms with Crippen LogP contribution in [0.2, 0.25) is 0 Å². The van der Waals surface area contributed by atoms with Crippen LogP contribution in [0.5, 0.6) is 17.2 Å². The second-order valence-corrected chi connectivity index (χ2v) is 8.78. The van der Waals surface area contributed by atoms with Crippen molar-refractivity contribution >= 4 is 57.9 Å². The smallest absolute Gasteiger partial charge is 0.329 e. The Hall–Kier alpha value is -4.13. The number of benzene rings is 3. The molecule has 0 aliphatic carbocycles. The second kappa shape index (κ2) is 13.3. The van der Waals surface area contributed by atoms with Gasteiger partial charge < -0.3 is 24.8 Å². The lowest BCUT2D eigenvalue weighted by molar-refractivity contribution is -0.136. The van der Waals surface area contributed by atoms with Crippen LogP contribution in [0.1, 0.15) is 11.1 Å². The molecule has 0 unspecified atom stereocenters. The van der Waals surface area contributed by atoms with E-state index in [2.05, 4.69) is 21.2 Å². The van der Waals surface area contributed by atoms with Gasteiger partial charge in [0.2, 0.25) is 0 Å². The van der Waals surface area contributed by atoms with Gasteiger partial charge >= 0.3 is 11.8 Å². The number of nitrogens with zero attached hydrogens (tertiary/aromatic N) is 1. The summed E-state index contributed by atoms with van der Waals surface area (Å²) in [6.45, 7) is 1.75. The Morgan fingerprint density at radius 3 is 2.19 bits per heavy atom. The summed E-state index contributed by atoms with van der Waals surface area (Å²) in [7, 11) is 3.00. The van der Waals surface area contributed by atoms with Crippen molar-refractivity contribution in [2.24, 2.45) is 5.10 Å². The minimum absolute atomic E-state index is 0.215. The van der Waals surface area contributed by atoms with Crippen LogP contribution in [-0.2, 0) is 14.4 Å². The molecule has 0 aliphatic heterocycles. The molecule has 0 aromatic heterocycles. The molecule has 0 bridgehead atoms. The predicted octanol–water partition coefficient (Wildman–Crippen LogP) is 3.72. The van der Waals surface area contributed by atoms with Crippen LogP contribution >= 0.6 is 22.6 Å². The van der Waals surface area contributed by atoms with Gasteiger partial charge in [-0.05, 0) is 83.6 Å². The first-order valence-electron chi connectivity index (χ1n) is 10.9. The van der Waals surface area contributed by atoms with Crippen molar-refractivity contribution < 1.29 is 28.6 Å². The van der Waals surface area contributed by atoms with Gasteiger partial charge in [0.15, 0.2) is 18.1 Å². The van der Waals surface area contributed by atoms with Crippen molar-refractivity contribution in [3.8, 4) is 17.2 Å². The van der Waals surface area contributed by atoms with E-state index in [-0.39, 0.29) is 12.5 Å². The molecule has 3 aromatic carbocycles. The first-order valence-corrected chi connectivity index (χ1v) is 12.0. The summed E-state index contributed by atoms with van der Waals surface area (Å²) in [6, 6.07) is 17.3. The highest BCUT2D eigenvalue weighted by atomic mass is 127. The van der Waals surface area contributed by atoms with E-state index in [1.54, 1.807) is 36.4 Å². The number of carbonyl (C=O) groups is 3. The van der Waals surface area contributed by atoms with E-state index in [1.807, 2.05) is 53.8 Å². The Morgan fingerprint density at radius 2 is 1.54 bits per heavy atom. The standard InChI is InChI=1S/C26H25IN4O6/c1-16-4-6-18(7-5-16)29-23(32)15-37-24-21(27)12-17(13-22(24)36-3)14-28-31-26(34)25(33)30-19-8-10-20(35-2)11-9-19/h4-14H,15H2,1-3H3,(H,29,32)(H,30,33)(H,31,34)/b28-14-. The average molecular weight is 616 g/mol. The van der Waals surface area contributed by atoms with Gasteiger partial charge in [0.05, 0.1) is 24.0 Å². The number of anilines is 2. The molecule has 0 radical (unpaired) electrons. The number of rotatable bonds is 9. The summed E-state index contributed by atoms with van der Waals surface area (Å²) in [5.41, 5.74) is 4.96. The van der Waals surface area contributed by atoms with Crippen LogP contribution in [0.25, 0.3) is 0 Å². The third-order valence-electron chi connectivity index (χ3n) is 4.87. The molecule has 3 N–H and O–H groups in total. The molecule has 0 saturated heterocycles. The molecule has 0 aliphatic rings. The van der Waals surface area contributed by atoms with Gasteiger partial charge in [-0.2, -0.15) is 5.10 Å². The van der Waals surface area contributed by atoms with Gasteiger partial charge in [-0.3, -0.25) is 14.4 Å². The van der Waals surface area contributed by atoms with Crippen molar-refractivity contribution in [2.45, 2.75) is 6.92 Å². The highest BCUT2D eigenvalue weighted by Crippen LogP contribution is 2.33. The summed E-state index contributed by atoms with van der Waals surface area (Å²) in [6.07, 6.45) is 1.36. The van der Waals surface area contributed by atoms with Crippen molar-refractivity contribution in [2.75, 3.05) is 31.5 Å². The summed E-state index contributed by atoms with van der Waals surface area (Å²) in [4.78, 5) is 36.4. The van der Waals surface area contributed by atoms with Crippen molar-refractivity contribution in [1.82, 2.24) is 5.43 Å². The molecular formula is C26H25IN4O6. The first-order chi connectivity index (χ1) is 17.8. The monoisotopic (exact) mass is 616 g/mol. The molecule has 11 heteroatoms. The topological polar surface area (TPSA) is 127 Å².